The molecule has 10 heteroatoms. The monoisotopic (exact) mass is 397 g/mol. The summed E-state index contributed by atoms with van der Waals surface area (Å²) in [6.07, 6.45) is 4.22. The molecule has 3 aromatic rings. The smallest absolute Gasteiger partial charge is 0.338 e. The first-order chi connectivity index (χ1) is 14.0. The maximum absolute atomic E-state index is 13.6. The van der Waals surface area contributed by atoms with Crippen molar-refractivity contribution in [3.05, 3.63) is 48.3 Å². The zero-order chi connectivity index (χ0) is 20.6. The van der Waals surface area contributed by atoms with E-state index >= 15 is 0 Å². The third kappa shape index (κ3) is 3.16. The highest BCUT2D eigenvalue weighted by Crippen LogP contribution is 2.39. The number of nitrogen functional groups attached to an aromatic ring is 1. The van der Waals surface area contributed by atoms with Crippen LogP contribution in [0.2, 0.25) is 0 Å². The molecule has 0 spiro atoms. The van der Waals surface area contributed by atoms with Crippen LogP contribution in [-0.4, -0.2) is 48.9 Å². The Hall–Kier alpha value is -3.55. The van der Waals surface area contributed by atoms with Crippen molar-refractivity contribution in [3.63, 3.8) is 0 Å². The number of benzene rings is 1. The summed E-state index contributed by atoms with van der Waals surface area (Å²) in [4.78, 5) is 23.7. The number of aliphatic hydroxyl groups excluding tert-OH is 1. The Bertz CT molecular complexity index is 1110. The molecule has 3 unspecified atom stereocenters. The second-order valence-corrected chi connectivity index (χ2v) is 6.46. The lowest BCUT2D eigenvalue weighted by Crippen LogP contribution is -2.44. The molecule has 29 heavy (non-hydrogen) atoms. The van der Waals surface area contributed by atoms with Crippen molar-refractivity contribution < 1.29 is 23.8 Å². The lowest BCUT2D eigenvalue weighted by molar-refractivity contribution is -0.0930. The number of esters is 1. The number of carbonyl (C=O) groups is 1. The van der Waals surface area contributed by atoms with Gasteiger partial charge in [-0.2, -0.15) is 14.4 Å². The average Bonchev–Trinajstić information content (AvgIpc) is 3.30. The van der Waals surface area contributed by atoms with Gasteiger partial charge in [0.2, 0.25) is 0 Å². The molecule has 0 aliphatic carbocycles. The fourth-order valence-electron chi connectivity index (χ4n) is 3.26. The molecule has 3 heterocycles. The number of aromatic nitrogens is 4. The number of carbonyl (C=O) groups excluding carboxylic acids is 1. The minimum absolute atomic E-state index is 0.0837. The summed E-state index contributed by atoms with van der Waals surface area (Å²) < 4.78 is 26.5. The van der Waals surface area contributed by atoms with Gasteiger partial charge in [0, 0.05) is 6.42 Å². The van der Waals surface area contributed by atoms with Gasteiger partial charge in [-0.15, -0.1) is 6.42 Å². The van der Waals surface area contributed by atoms with Gasteiger partial charge in [0.25, 0.3) is 0 Å². The number of halogens is 1. The molecule has 0 saturated carbocycles. The predicted octanol–water partition coefficient (Wildman–Crippen LogP) is 1.06. The van der Waals surface area contributed by atoms with E-state index in [1.54, 1.807) is 30.3 Å². The van der Waals surface area contributed by atoms with Crippen molar-refractivity contribution in [2.45, 2.75) is 24.4 Å². The number of rotatable bonds is 4. The second-order valence-electron chi connectivity index (χ2n) is 6.46. The molecule has 9 nitrogen and oxygen atoms in total. The van der Waals surface area contributed by atoms with E-state index in [-0.39, 0.29) is 23.4 Å². The van der Waals surface area contributed by atoms with Crippen LogP contribution in [0.15, 0.2) is 36.7 Å². The van der Waals surface area contributed by atoms with Gasteiger partial charge < -0.3 is 20.3 Å². The third-order valence-electron chi connectivity index (χ3n) is 4.75. The van der Waals surface area contributed by atoms with Crippen LogP contribution in [0.25, 0.3) is 11.2 Å². The molecule has 3 atom stereocenters. The molecule has 3 N–H and O–H groups in total. The van der Waals surface area contributed by atoms with E-state index in [1.807, 2.05) is 0 Å². The molecule has 1 saturated heterocycles. The van der Waals surface area contributed by atoms with Gasteiger partial charge in [0.05, 0.1) is 18.5 Å². The first kappa shape index (κ1) is 18.8. The van der Waals surface area contributed by atoms with Crippen molar-refractivity contribution in [1.82, 2.24) is 19.5 Å². The van der Waals surface area contributed by atoms with E-state index in [2.05, 4.69) is 20.9 Å². The molecule has 0 amide bonds. The molecule has 0 radical (unpaired) electrons. The summed E-state index contributed by atoms with van der Waals surface area (Å²) >= 11 is 0. The summed E-state index contributed by atoms with van der Waals surface area (Å²) in [7, 11) is 0. The average molecular weight is 397 g/mol. The third-order valence-corrected chi connectivity index (χ3v) is 4.75. The number of aliphatic hydroxyl groups is 1. The highest BCUT2D eigenvalue weighted by molar-refractivity contribution is 5.89. The summed E-state index contributed by atoms with van der Waals surface area (Å²) in [5, 5.41) is 9.90. The quantitative estimate of drug-likeness (QED) is 0.380. The van der Waals surface area contributed by atoms with Crippen molar-refractivity contribution in [2.75, 3.05) is 12.3 Å². The van der Waals surface area contributed by atoms with Crippen LogP contribution >= 0.6 is 0 Å². The SMILES string of the molecule is C#CC1(CO)OC(n2cnc3c(N)nc(F)nc32)CC1OC(=O)c1ccccc1. The Morgan fingerprint density at radius 1 is 1.45 bits per heavy atom. The van der Waals surface area contributed by atoms with Crippen LogP contribution in [-0.2, 0) is 9.47 Å². The normalized spacial score (nSPS) is 23.8. The van der Waals surface area contributed by atoms with Crippen molar-refractivity contribution >= 4 is 23.0 Å². The lowest BCUT2D eigenvalue weighted by atomic mass is 9.98. The van der Waals surface area contributed by atoms with E-state index in [4.69, 9.17) is 21.6 Å². The van der Waals surface area contributed by atoms with Crippen molar-refractivity contribution in [2.24, 2.45) is 0 Å². The van der Waals surface area contributed by atoms with Gasteiger partial charge in [-0.1, -0.05) is 24.1 Å². The molecule has 1 aliphatic heterocycles. The minimum atomic E-state index is -1.58. The first-order valence-electron chi connectivity index (χ1n) is 8.65. The molecule has 0 bridgehead atoms. The Morgan fingerprint density at radius 2 is 2.21 bits per heavy atom. The van der Waals surface area contributed by atoms with Crippen molar-refractivity contribution in [1.29, 1.82) is 0 Å². The minimum Gasteiger partial charge on any atom is -0.454 e. The van der Waals surface area contributed by atoms with Gasteiger partial charge in [0.15, 0.2) is 22.6 Å². The molecular formula is C19H16FN5O4. The highest BCUT2D eigenvalue weighted by Gasteiger charge is 2.51. The maximum Gasteiger partial charge on any atom is 0.338 e. The number of nitrogens with zero attached hydrogens (tertiary/aromatic N) is 4. The van der Waals surface area contributed by atoms with E-state index in [0.29, 0.717) is 5.56 Å². The summed E-state index contributed by atoms with van der Waals surface area (Å²) in [5.74, 6) is 1.65. The van der Waals surface area contributed by atoms with Crippen molar-refractivity contribution in [3.8, 4) is 12.3 Å². The number of nitrogens with two attached hydrogens (primary N) is 1. The van der Waals surface area contributed by atoms with E-state index < -0.39 is 36.6 Å². The largest absolute Gasteiger partial charge is 0.454 e. The summed E-state index contributed by atoms with van der Waals surface area (Å²) in [6.45, 7) is -0.592. The topological polar surface area (TPSA) is 125 Å². The van der Waals surface area contributed by atoms with Crippen LogP contribution in [0.5, 0.6) is 0 Å². The standard InChI is InChI=1S/C19H16FN5O4/c1-2-19(9-26)12(28-17(27)11-6-4-3-5-7-11)8-13(29-19)25-10-22-14-15(21)23-18(20)24-16(14)25/h1,3-7,10,12-13,26H,8-9H2,(H2,21,23,24). The van der Waals surface area contributed by atoms with E-state index in [9.17, 15) is 14.3 Å². The molecule has 148 valence electrons. The van der Waals surface area contributed by atoms with Gasteiger partial charge in [-0.3, -0.25) is 4.57 Å². The number of terminal acetylenes is 1. The molecular weight excluding hydrogens is 381 g/mol. The fourth-order valence-corrected chi connectivity index (χ4v) is 3.26. The first-order valence-corrected chi connectivity index (χ1v) is 8.65. The van der Waals surface area contributed by atoms with Crippen LogP contribution in [0, 0.1) is 18.4 Å². The molecule has 1 aromatic carbocycles. The molecule has 1 aliphatic rings. The van der Waals surface area contributed by atoms with Gasteiger partial charge in [-0.05, 0) is 12.1 Å². The van der Waals surface area contributed by atoms with Crippen LogP contribution < -0.4 is 5.73 Å². The van der Waals surface area contributed by atoms with Gasteiger partial charge >= 0.3 is 12.0 Å². The van der Waals surface area contributed by atoms with Crippen LogP contribution in [0.1, 0.15) is 23.0 Å². The Kier molecular flexibility index (Phi) is 4.62. The number of ether oxygens (including phenoxy) is 2. The van der Waals surface area contributed by atoms with Crippen LogP contribution in [0.3, 0.4) is 0 Å². The molecule has 4 rings (SSSR count). The summed E-state index contributed by atoms with van der Waals surface area (Å²) in [5.41, 5.74) is 4.72. The number of hydrogen-bond donors (Lipinski definition) is 2. The van der Waals surface area contributed by atoms with Gasteiger partial charge in [-0.25, -0.2) is 9.78 Å². The van der Waals surface area contributed by atoms with Crippen LogP contribution in [0.4, 0.5) is 10.2 Å². The maximum atomic E-state index is 13.6. The molecule has 2 aromatic heterocycles. The van der Waals surface area contributed by atoms with Gasteiger partial charge in [0.1, 0.15) is 12.3 Å². The zero-order valence-electron chi connectivity index (χ0n) is 15.0. The fraction of sp³-hybridized carbons (Fsp3) is 0.263. The number of anilines is 1. The van der Waals surface area contributed by atoms with E-state index in [1.165, 1.54) is 10.9 Å². The van der Waals surface area contributed by atoms with E-state index in [0.717, 1.165) is 0 Å². The second kappa shape index (κ2) is 7.12. The molecule has 1 fully saturated rings. The summed E-state index contributed by atoms with van der Waals surface area (Å²) in [6, 6.07) is 8.35. The predicted molar refractivity (Wildman–Crippen MR) is 98.7 cm³/mol. The lowest BCUT2D eigenvalue weighted by Gasteiger charge is -2.26. The Labute approximate surface area is 164 Å². The number of hydrogen-bond acceptors (Lipinski definition) is 8. The number of fused-ring (bicyclic) bond motifs is 1. The Balaban J connectivity index is 1.67. The zero-order valence-corrected chi connectivity index (χ0v) is 15.0. The highest BCUT2D eigenvalue weighted by atomic mass is 19.1. The Morgan fingerprint density at radius 3 is 2.90 bits per heavy atom. The number of imidazole rings is 1.